The molecule has 2 heterocycles. The van der Waals surface area contributed by atoms with Crippen molar-refractivity contribution in [2.24, 2.45) is 21.3 Å². The van der Waals surface area contributed by atoms with Crippen molar-refractivity contribution in [2.45, 2.75) is 32.5 Å². The molecular weight excluding hydrogens is 465 g/mol. The van der Waals surface area contributed by atoms with E-state index in [-0.39, 0.29) is 29.8 Å². The van der Waals surface area contributed by atoms with E-state index in [1.165, 1.54) is 42.6 Å². The Hall–Kier alpha value is -3.48. The number of alkyl halides is 3. The largest absolute Gasteiger partial charge is 0.401 e. The number of nitrogens with one attached hydrogen (secondary N) is 4. The van der Waals surface area contributed by atoms with Crippen LogP contribution in [-0.4, -0.2) is 85.1 Å². The highest BCUT2D eigenvalue weighted by Crippen LogP contribution is 2.30. The number of carbonyl (C=O) groups is 2. The van der Waals surface area contributed by atoms with Crippen LogP contribution < -0.4 is 10.6 Å². The number of hydrogen-bond donors (Lipinski definition) is 4. The molecule has 2 amide bonds. The summed E-state index contributed by atoms with van der Waals surface area (Å²) in [4.78, 5) is 38.8. The van der Waals surface area contributed by atoms with Crippen molar-refractivity contribution in [3.8, 4) is 0 Å². The van der Waals surface area contributed by atoms with Crippen molar-refractivity contribution in [3.05, 3.63) is 23.9 Å². The van der Waals surface area contributed by atoms with Crippen LogP contribution in [0.2, 0.25) is 0 Å². The fraction of sp³-hybridized carbons (Fsp3) is 0.500. The molecule has 0 radical (unpaired) electrons. The number of rotatable bonds is 10. The second kappa shape index (κ2) is 11.8. The molecule has 0 spiro atoms. The van der Waals surface area contributed by atoms with Gasteiger partial charge in [0.15, 0.2) is 5.82 Å². The molecule has 13 heteroatoms. The standard InChI is InChI=1S/C22H29F3N8O2/c1-21(2)7-8-33(20(21)35)18(27)16(12-28-3)32-19(34)15-5-4-6-17(31-15)30-11-14(9-26)10-29-13-22(23,24)25/h4-6,9,11-12,14,16,26-27,29H,7-8,10,13H2,1-3H3,(H,32,34). The monoisotopic (exact) mass is 494 g/mol. The van der Waals surface area contributed by atoms with Crippen LogP contribution in [0, 0.1) is 22.2 Å². The van der Waals surface area contributed by atoms with E-state index in [1.807, 2.05) is 0 Å². The van der Waals surface area contributed by atoms with Crippen LogP contribution in [0.15, 0.2) is 28.2 Å². The van der Waals surface area contributed by atoms with Gasteiger partial charge in [0.1, 0.15) is 17.6 Å². The lowest BCUT2D eigenvalue weighted by molar-refractivity contribution is -0.131. The van der Waals surface area contributed by atoms with E-state index < -0.39 is 36.0 Å². The molecule has 1 aromatic rings. The maximum atomic E-state index is 12.8. The molecule has 2 rings (SSSR count). The number of hydrogen-bond acceptors (Lipinski definition) is 8. The Balaban J connectivity index is 2.07. The van der Waals surface area contributed by atoms with E-state index in [0.717, 1.165) is 6.21 Å². The van der Waals surface area contributed by atoms with Gasteiger partial charge in [0.25, 0.3) is 5.91 Å². The van der Waals surface area contributed by atoms with Crippen LogP contribution in [0.4, 0.5) is 19.0 Å². The van der Waals surface area contributed by atoms with Crippen LogP contribution in [0.1, 0.15) is 30.8 Å². The van der Waals surface area contributed by atoms with E-state index in [2.05, 4.69) is 25.6 Å². The van der Waals surface area contributed by atoms with Crippen molar-refractivity contribution in [3.63, 3.8) is 0 Å². The topological polar surface area (TPSA) is 147 Å². The average Bonchev–Trinajstić information content (AvgIpc) is 3.07. The smallest absolute Gasteiger partial charge is 0.336 e. The van der Waals surface area contributed by atoms with Gasteiger partial charge in [-0.3, -0.25) is 24.9 Å². The second-order valence-corrected chi connectivity index (χ2v) is 8.57. The predicted molar refractivity (Wildman–Crippen MR) is 127 cm³/mol. The number of likely N-dealkylation sites (tertiary alicyclic amines) is 1. The molecule has 0 aliphatic carbocycles. The Labute approximate surface area is 201 Å². The molecule has 0 bridgehead atoms. The molecule has 190 valence electrons. The fourth-order valence-corrected chi connectivity index (χ4v) is 3.23. The third-order valence-corrected chi connectivity index (χ3v) is 5.24. The summed E-state index contributed by atoms with van der Waals surface area (Å²) in [7, 11) is 1.49. The SMILES string of the molecule is CN=CC(NC(=O)c1cccc(N=CC(C=N)CNCC(F)(F)F)n1)C(=N)N1CCC(C)(C)C1=O. The Bertz CT molecular complexity index is 1010. The number of amides is 2. The molecule has 10 nitrogen and oxygen atoms in total. The Morgan fingerprint density at radius 1 is 1.34 bits per heavy atom. The first kappa shape index (κ1) is 27.8. The first-order valence-corrected chi connectivity index (χ1v) is 10.8. The van der Waals surface area contributed by atoms with Gasteiger partial charge in [0.2, 0.25) is 5.91 Å². The van der Waals surface area contributed by atoms with Crippen molar-refractivity contribution in [1.82, 2.24) is 20.5 Å². The molecule has 1 fully saturated rings. The Morgan fingerprint density at radius 2 is 2.06 bits per heavy atom. The molecule has 0 aromatic carbocycles. The van der Waals surface area contributed by atoms with Crippen LogP contribution in [0.25, 0.3) is 0 Å². The first-order chi connectivity index (χ1) is 16.4. The highest BCUT2D eigenvalue weighted by molar-refractivity contribution is 6.11. The van der Waals surface area contributed by atoms with Gasteiger partial charge >= 0.3 is 6.18 Å². The quantitative estimate of drug-likeness (QED) is 0.292. The van der Waals surface area contributed by atoms with Gasteiger partial charge in [-0.1, -0.05) is 19.9 Å². The predicted octanol–water partition coefficient (Wildman–Crippen LogP) is 2.24. The van der Waals surface area contributed by atoms with Gasteiger partial charge in [-0.2, -0.15) is 13.2 Å². The second-order valence-electron chi connectivity index (χ2n) is 8.57. The first-order valence-electron chi connectivity index (χ1n) is 10.8. The van der Waals surface area contributed by atoms with E-state index in [4.69, 9.17) is 10.8 Å². The number of aromatic nitrogens is 1. The normalized spacial score (nSPS) is 17.7. The molecule has 0 saturated carbocycles. The van der Waals surface area contributed by atoms with Crippen LogP contribution in [-0.2, 0) is 4.79 Å². The van der Waals surface area contributed by atoms with E-state index in [1.54, 1.807) is 13.8 Å². The maximum Gasteiger partial charge on any atom is 0.401 e. The van der Waals surface area contributed by atoms with Gasteiger partial charge in [0.05, 0.1) is 6.54 Å². The molecule has 4 N–H and O–H groups in total. The molecule has 1 aliphatic rings. The van der Waals surface area contributed by atoms with E-state index >= 15 is 0 Å². The number of amidine groups is 1. The summed E-state index contributed by atoms with van der Waals surface area (Å²) in [5, 5.41) is 20.6. The van der Waals surface area contributed by atoms with Crippen LogP contribution in [0.3, 0.4) is 0 Å². The summed E-state index contributed by atoms with van der Waals surface area (Å²) < 4.78 is 36.8. The molecule has 35 heavy (non-hydrogen) atoms. The third kappa shape index (κ3) is 8.05. The van der Waals surface area contributed by atoms with Crippen LogP contribution in [0.5, 0.6) is 0 Å². The van der Waals surface area contributed by atoms with Gasteiger partial charge < -0.3 is 16.0 Å². The summed E-state index contributed by atoms with van der Waals surface area (Å²) in [6.07, 6.45) is -0.207. The minimum absolute atomic E-state index is 0.0170. The van der Waals surface area contributed by atoms with Gasteiger partial charge in [-0.05, 0) is 18.6 Å². The number of carbonyl (C=O) groups excluding carboxylic acids is 2. The lowest BCUT2D eigenvalue weighted by atomic mass is 9.92. The zero-order valence-electron chi connectivity index (χ0n) is 19.7. The van der Waals surface area contributed by atoms with Crippen molar-refractivity contribution < 1.29 is 22.8 Å². The van der Waals surface area contributed by atoms with Crippen molar-refractivity contribution in [2.75, 3.05) is 26.7 Å². The Kier molecular flexibility index (Phi) is 9.34. The van der Waals surface area contributed by atoms with E-state index in [0.29, 0.717) is 13.0 Å². The van der Waals surface area contributed by atoms with Gasteiger partial charge in [-0.15, -0.1) is 0 Å². The Morgan fingerprint density at radius 3 is 2.63 bits per heavy atom. The number of pyridine rings is 1. The maximum absolute atomic E-state index is 12.8. The molecule has 1 aliphatic heterocycles. The highest BCUT2D eigenvalue weighted by Gasteiger charge is 2.41. The zero-order valence-corrected chi connectivity index (χ0v) is 19.7. The highest BCUT2D eigenvalue weighted by atomic mass is 19.4. The molecular formula is C22H29F3N8O2. The third-order valence-electron chi connectivity index (χ3n) is 5.24. The summed E-state index contributed by atoms with van der Waals surface area (Å²) in [5.41, 5.74) is -0.606. The molecule has 2 atom stereocenters. The lowest BCUT2D eigenvalue weighted by Gasteiger charge is -2.24. The average molecular weight is 495 g/mol. The number of halogens is 3. The summed E-state index contributed by atoms with van der Waals surface area (Å²) >= 11 is 0. The molecule has 1 saturated heterocycles. The number of aliphatic imine (C=N–C) groups is 2. The van der Waals surface area contributed by atoms with Gasteiger partial charge in [-0.25, -0.2) is 9.98 Å². The summed E-state index contributed by atoms with van der Waals surface area (Å²) in [6, 6.07) is 3.49. The summed E-state index contributed by atoms with van der Waals surface area (Å²) in [6.45, 7) is 2.64. The van der Waals surface area contributed by atoms with E-state index in [9.17, 15) is 22.8 Å². The fourth-order valence-electron chi connectivity index (χ4n) is 3.23. The summed E-state index contributed by atoms with van der Waals surface area (Å²) in [5.74, 6) is -1.52. The zero-order chi connectivity index (χ0) is 26.2. The minimum atomic E-state index is -4.36. The van der Waals surface area contributed by atoms with Crippen LogP contribution >= 0.6 is 0 Å². The number of nitrogens with zero attached hydrogens (tertiary/aromatic N) is 4. The van der Waals surface area contributed by atoms with Gasteiger partial charge in [0, 0.05) is 50.1 Å². The van der Waals surface area contributed by atoms with Crippen molar-refractivity contribution >= 4 is 42.1 Å². The molecule has 1 aromatic heterocycles. The lowest BCUT2D eigenvalue weighted by Crippen LogP contribution is -2.50. The van der Waals surface area contributed by atoms with Crippen molar-refractivity contribution in [1.29, 1.82) is 10.8 Å². The molecule has 2 unspecified atom stereocenters. The minimum Gasteiger partial charge on any atom is -0.336 e.